The minimum atomic E-state index is -0.181. The molecule has 0 radical (unpaired) electrons. The summed E-state index contributed by atoms with van der Waals surface area (Å²) in [4.78, 5) is 28.1. The quantitative estimate of drug-likeness (QED) is 0.843. The highest BCUT2D eigenvalue weighted by Gasteiger charge is 2.20. The van der Waals surface area contributed by atoms with Crippen molar-refractivity contribution in [1.29, 1.82) is 0 Å². The Hall–Kier alpha value is -1.54. The molecule has 0 bridgehead atoms. The zero-order chi connectivity index (χ0) is 15.9. The average molecular weight is 325 g/mol. The van der Waals surface area contributed by atoms with Gasteiger partial charge in [-0.1, -0.05) is 25.2 Å². The molecule has 1 aliphatic rings. The van der Waals surface area contributed by atoms with E-state index in [2.05, 4.69) is 27.3 Å². The normalized spacial score (nSPS) is 15.8. The summed E-state index contributed by atoms with van der Waals surface area (Å²) in [6.45, 7) is 8.47. The lowest BCUT2D eigenvalue weighted by atomic mass is 10.2. The molecular weight excluding hydrogens is 302 g/mol. The van der Waals surface area contributed by atoms with Gasteiger partial charge in [0, 0.05) is 39.0 Å². The number of nitrogens with one attached hydrogen (secondary N) is 1. The van der Waals surface area contributed by atoms with Crippen molar-refractivity contribution in [3.8, 4) is 0 Å². The average Bonchev–Trinajstić information content (AvgIpc) is 3.00. The number of hydrogen-bond donors (Lipinski definition) is 1. The van der Waals surface area contributed by atoms with Gasteiger partial charge in [0.1, 0.15) is 5.01 Å². The Morgan fingerprint density at radius 3 is 2.45 bits per heavy atom. The monoisotopic (exact) mass is 325 g/mol. The molecule has 0 atom stereocenters. The van der Waals surface area contributed by atoms with E-state index in [0.717, 1.165) is 44.2 Å². The molecule has 22 heavy (non-hydrogen) atoms. The predicted molar refractivity (Wildman–Crippen MR) is 85.8 cm³/mol. The van der Waals surface area contributed by atoms with Crippen LogP contribution in [0.5, 0.6) is 0 Å². The number of likely N-dealkylation sites (N-methyl/N-ethyl adjacent to an activating group) is 1. The molecule has 0 spiro atoms. The maximum Gasteiger partial charge on any atom is 0.226 e. The van der Waals surface area contributed by atoms with Gasteiger partial charge in [-0.15, -0.1) is 10.2 Å². The third kappa shape index (κ3) is 4.74. The van der Waals surface area contributed by atoms with Gasteiger partial charge in [0.05, 0.1) is 0 Å². The lowest BCUT2D eigenvalue weighted by Gasteiger charge is -2.34. The SMILES string of the molecule is CCc1nnc(NC(=O)CCC(=O)N2CCN(CC)CC2)s1. The van der Waals surface area contributed by atoms with Crippen LogP contribution >= 0.6 is 11.3 Å². The maximum absolute atomic E-state index is 12.1. The van der Waals surface area contributed by atoms with Crippen LogP contribution in [0.3, 0.4) is 0 Å². The number of aryl methyl sites for hydroxylation is 1. The van der Waals surface area contributed by atoms with Crippen molar-refractivity contribution < 1.29 is 9.59 Å². The highest BCUT2D eigenvalue weighted by atomic mass is 32.1. The van der Waals surface area contributed by atoms with E-state index in [-0.39, 0.29) is 24.7 Å². The molecule has 0 aromatic carbocycles. The van der Waals surface area contributed by atoms with Crippen molar-refractivity contribution in [3.63, 3.8) is 0 Å². The second-order valence-corrected chi connectivity index (χ2v) is 6.28. The fraction of sp³-hybridized carbons (Fsp3) is 0.714. The molecule has 2 amide bonds. The number of rotatable bonds is 6. The molecular formula is C14H23N5O2S. The predicted octanol–water partition coefficient (Wildman–Crippen LogP) is 0.983. The second kappa shape index (κ2) is 8.19. The fourth-order valence-corrected chi connectivity index (χ4v) is 3.02. The molecule has 2 rings (SSSR count). The van der Waals surface area contributed by atoms with Crippen LogP contribution in [0.25, 0.3) is 0 Å². The molecule has 0 saturated carbocycles. The summed E-state index contributed by atoms with van der Waals surface area (Å²) in [7, 11) is 0. The second-order valence-electron chi connectivity index (χ2n) is 5.22. The summed E-state index contributed by atoms with van der Waals surface area (Å²) in [5, 5.41) is 11.9. The highest BCUT2D eigenvalue weighted by molar-refractivity contribution is 7.15. The van der Waals surface area contributed by atoms with E-state index in [1.54, 1.807) is 0 Å². The number of carbonyl (C=O) groups is 2. The number of anilines is 1. The van der Waals surface area contributed by atoms with E-state index in [1.807, 2.05) is 11.8 Å². The zero-order valence-electron chi connectivity index (χ0n) is 13.2. The van der Waals surface area contributed by atoms with Crippen molar-refractivity contribution in [2.75, 3.05) is 38.0 Å². The van der Waals surface area contributed by atoms with E-state index in [0.29, 0.717) is 5.13 Å². The lowest BCUT2D eigenvalue weighted by Crippen LogP contribution is -2.48. The Kier molecular flexibility index (Phi) is 6.26. The van der Waals surface area contributed by atoms with Gasteiger partial charge in [-0.05, 0) is 13.0 Å². The van der Waals surface area contributed by atoms with Crippen LogP contribution in [0.15, 0.2) is 0 Å². The number of hydrogen-bond acceptors (Lipinski definition) is 6. The molecule has 7 nitrogen and oxygen atoms in total. The third-order valence-electron chi connectivity index (χ3n) is 3.75. The first-order valence-corrected chi connectivity index (χ1v) is 8.56. The lowest BCUT2D eigenvalue weighted by molar-refractivity contribution is -0.134. The molecule has 1 aromatic rings. The number of nitrogens with zero attached hydrogens (tertiary/aromatic N) is 4. The van der Waals surface area contributed by atoms with Crippen LogP contribution in [-0.2, 0) is 16.0 Å². The van der Waals surface area contributed by atoms with Gasteiger partial charge in [-0.3, -0.25) is 9.59 Å². The topological polar surface area (TPSA) is 78.4 Å². The first-order valence-electron chi connectivity index (χ1n) is 7.74. The van der Waals surface area contributed by atoms with Crippen molar-refractivity contribution in [2.45, 2.75) is 33.1 Å². The number of amides is 2. The maximum atomic E-state index is 12.1. The summed E-state index contributed by atoms with van der Waals surface area (Å²) in [5.41, 5.74) is 0. The van der Waals surface area contributed by atoms with Gasteiger partial charge in [0.25, 0.3) is 0 Å². The van der Waals surface area contributed by atoms with Crippen molar-refractivity contribution in [1.82, 2.24) is 20.0 Å². The summed E-state index contributed by atoms with van der Waals surface area (Å²) in [5.74, 6) is -0.128. The van der Waals surface area contributed by atoms with Gasteiger partial charge in [0.2, 0.25) is 16.9 Å². The highest BCUT2D eigenvalue weighted by Crippen LogP contribution is 2.15. The molecule has 1 saturated heterocycles. The molecule has 1 fully saturated rings. The Morgan fingerprint density at radius 2 is 1.86 bits per heavy atom. The van der Waals surface area contributed by atoms with Gasteiger partial charge >= 0.3 is 0 Å². The molecule has 0 aliphatic carbocycles. The Morgan fingerprint density at radius 1 is 1.14 bits per heavy atom. The first-order chi connectivity index (χ1) is 10.6. The van der Waals surface area contributed by atoms with E-state index in [9.17, 15) is 9.59 Å². The van der Waals surface area contributed by atoms with Crippen molar-refractivity contribution in [2.24, 2.45) is 0 Å². The van der Waals surface area contributed by atoms with Gasteiger partial charge in [0.15, 0.2) is 0 Å². The largest absolute Gasteiger partial charge is 0.340 e. The van der Waals surface area contributed by atoms with Gasteiger partial charge in [-0.25, -0.2) is 0 Å². The Balaban J connectivity index is 1.70. The van der Waals surface area contributed by atoms with Crippen molar-refractivity contribution >= 4 is 28.3 Å². The Bertz CT molecular complexity index is 511. The van der Waals surface area contributed by atoms with E-state index < -0.39 is 0 Å². The minimum Gasteiger partial charge on any atom is -0.340 e. The molecule has 0 unspecified atom stereocenters. The molecule has 122 valence electrons. The standard InChI is InChI=1S/C14H23N5O2S/c1-3-12-16-17-14(22-12)15-11(20)5-6-13(21)19-9-7-18(4-2)8-10-19/h3-10H2,1-2H3,(H,15,17,20). The van der Waals surface area contributed by atoms with Crippen molar-refractivity contribution in [3.05, 3.63) is 5.01 Å². The van der Waals surface area contributed by atoms with Crippen LogP contribution in [0.2, 0.25) is 0 Å². The van der Waals surface area contributed by atoms with Gasteiger partial charge in [-0.2, -0.15) is 0 Å². The smallest absolute Gasteiger partial charge is 0.226 e. The van der Waals surface area contributed by atoms with Crippen LogP contribution in [-0.4, -0.2) is 64.5 Å². The number of aromatic nitrogens is 2. The van der Waals surface area contributed by atoms with Crippen LogP contribution in [0.1, 0.15) is 31.7 Å². The molecule has 1 aromatic heterocycles. The van der Waals surface area contributed by atoms with Gasteiger partial charge < -0.3 is 15.1 Å². The van der Waals surface area contributed by atoms with Crippen LogP contribution < -0.4 is 5.32 Å². The van der Waals surface area contributed by atoms with E-state index in [4.69, 9.17) is 0 Å². The number of piperazine rings is 1. The molecule has 1 N–H and O–H groups in total. The molecule has 1 aliphatic heterocycles. The fourth-order valence-electron chi connectivity index (χ4n) is 2.32. The minimum absolute atomic E-state index is 0.0532. The third-order valence-corrected chi connectivity index (χ3v) is 4.74. The summed E-state index contributed by atoms with van der Waals surface area (Å²) in [6, 6.07) is 0. The van der Waals surface area contributed by atoms with Crippen LogP contribution in [0, 0.1) is 0 Å². The molecule has 8 heteroatoms. The van der Waals surface area contributed by atoms with E-state index >= 15 is 0 Å². The summed E-state index contributed by atoms with van der Waals surface area (Å²) < 4.78 is 0. The zero-order valence-corrected chi connectivity index (χ0v) is 14.0. The van der Waals surface area contributed by atoms with E-state index in [1.165, 1.54) is 11.3 Å². The first kappa shape index (κ1) is 16.8. The Labute approximate surface area is 134 Å². The molecule has 2 heterocycles. The summed E-state index contributed by atoms with van der Waals surface area (Å²) in [6.07, 6.45) is 1.24. The summed E-state index contributed by atoms with van der Waals surface area (Å²) >= 11 is 1.37. The number of carbonyl (C=O) groups excluding carboxylic acids is 2. The van der Waals surface area contributed by atoms with Crippen LogP contribution in [0.4, 0.5) is 5.13 Å².